The summed E-state index contributed by atoms with van der Waals surface area (Å²) in [7, 11) is 1.32. The maximum absolute atomic E-state index is 11.9. The first-order chi connectivity index (χ1) is 9.22. The van der Waals surface area contributed by atoms with Crippen molar-refractivity contribution >= 4 is 17.8 Å². The Hall–Kier alpha value is -1.59. The molecule has 0 fully saturated rings. The van der Waals surface area contributed by atoms with Crippen LogP contribution in [0.2, 0.25) is 0 Å². The molecule has 0 spiro atoms. The summed E-state index contributed by atoms with van der Waals surface area (Å²) in [5, 5.41) is 2.73. The Morgan fingerprint density at radius 2 is 1.75 bits per heavy atom. The van der Waals surface area contributed by atoms with Crippen molar-refractivity contribution in [2.24, 2.45) is 5.41 Å². The average molecular weight is 286 g/mol. The highest BCUT2D eigenvalue weighted by molar-refractivity contribution is 5.82. The van der Waals surface area contributed by atoms with E-state index in [0.29, 0.717) is 19.6 Å². The maximum Gasteiger partial charge on any atom is 0.307 e. The summed E-state index contributed by atoms with van der Waals surface area (Å²) in [6.45, 7) is 8.49. The molecule has 0 unspecified atom stereocenters. The molecule has 1 N–H and O–H groups in total. The maximum atomic E-state index is 11.9. The quantitative estimate of drug-likeness (QED) is 0.707. The van der Waals surface area contributed by atoms with E-state index in [2.05, 4.69) is 10.1 Å². The van der Waals surface area contributed by atoms with Crippen LogP contribution in [0, 0.1) is 5.41 Å². The first-order valence-electron chi connectivity index (χ1n) is 6.85. The fraction of sp³-hybridized carbons (Fsp3) is 0.786. The standard InChI is InChI=1S/C14H26N2O4/c1-6-16(10-8-12(18)20-5)11(17)7-9-15-13(19)14(2,3)4/h6-10H2,1-5H3,(H,15,19). The highest BCUT2D eigenvalue weighted by atomic mass is 16.5. The third-order valence-corrected chi connectivity index (χ3v) is 2.85. The van der Waals surface area contributed by atoms with Crippen LogP contribution in [-0.2, 0) is 19.1 Å². The number of ether oxygens (including phenoxy) is 1. The number of carbonyl (C=O) groups is 3. The van der Waals surface area contributed by atoms with Gasteiger partial charge in [-0.05, 0) is 6.92 Å². The summed E-state index contributed by atoms with van der Waals surface area (Å²) in [4.78, 5) is 36.2. The van der Waals surface area contributed by atoms with Gasteiger partial charge in [-0.15, -0.1) is 0 Å². The zero-order chi connectivity index (χ0) is 15.8. The van der Waals surface area contributed by atoms with Crippen molar-refractivity contribution in [2.75, 3.05) is 26.7 Å². The molecule has 0 saturated heterocycles. The van der Waals surface area contributed by atoms with Gasteiger partial charge >= 0.3 is 5.97 Å². The van der Waals surface area contributed by atoms with E-state index in [0.717, 1.165) is 0 Å². The van der Waals surface area contributed by atoms with Crippen LogP contribution in [0.4, 0.5) is 0 Å². The van der Waals surface area contributed by atoms with Gasteiger partial charge in [0.25, 0.3) is 0 Å². The molecule has 0 aromatic heterocycles. The second-order valence-corrected chi connectivity index (χ2v) is 5.56. The summed E-state index contributed by atoms with van der Waals surface area (Å²) in [5.74, 6) is -0.495. The minimum atomic E-state index is -0.460. The lowest BCUT2D eigenvalue weighted by Crippen LogP contribution is -2.39. The van der Waals surface area contributed by atoms with E-state index in [1.54, 1.807) is 4.90 Å². The van der Waals surface area contributed by atoms with E-state index in [-0.39, 0.29) is 30.6 Å². The number of amides is 2. The van der Waals surface area contributed by atoms with Crippen LogP contribution >= 0.6 is 0 Å². The average Bonchev–Trinajstić information content (AvgIpc) is 2.37. The van der Waals surface area contributed by atoms with Crippen molar-refractivity contribution < 1.29 is 19.1 Å². The SMILES string of the molecule is CCN(CCC(=O)OC)C(=O)CCNC(=O)C(C)(C)C. The molecule has 0 aromatic rings. The fourth-order valence-electron chi connectivity index (χ4n) is 1.49. The van der Waals surface area contributed by atoms with Gasteiger partial charge in [-0.2, -0.15) is 0 Å². The molecular weight excluding hydrogens is 260 g/mol. The van der Waals surface area contributed by atoms with Crippen molar-refractivity contribution in [2.45, 2.75) is 40.5 Å². The second kappa shape index (κ2) is 8.55. The van der Waals surface area contributed by atoms with E-state index in [4.69, 9.17) is 0 Å². The van der Waals surface area contributed by atoms with Gasteiger partial charge in [-0.25, -0.2) is 0 Å². The highest BCUT2D eigenvalue weighted by Crippen LogP contribution is 2.12. The normalized spacial score (nSPS) is 10.8. The molecule has 0 aliphatic carbocycles. The zero-order valence-electron chi connectivity index (χ0n) is 13.1. The molecule has 20 heavy (non-hydrogen) atoms. The van der Waals surface area contributed by atoms with Crippen LogP contribution in [0.15, 0.2) is 0 Å². The molecule has 0 atom stereocenters. The Morgan fingerprint density at radius 1 is 1.15 bits per heavy atom. The monoisotopic (exact) mass is 286 g/mol. The third-order valence-electron chi connectivity index (χ3n) is 2.85. The Balaban J connectivity index is 4.10. The lowest BCUT2D eigenvalue weighted by atomic mass is 9.96. The van der Waals surface area contributed by atoms with Gasteiger partial charge in [0.15, 0.2) is 0 Å². The van der Waals surface area contributed by atoms with Crippen molar-refractivity contribution in [3.63, 3.8) is 0 Å². The Bertz CT molecular complexity index is 348. The number of methoxy groups -OCH3 is 1. The number of nitrogens with one attached hydrogen (secondary N) is 1. The van der Waals surface area contributed by atoms with Crippen molar-refractivity contribution in [1.29, 1.82) is 0 Å². The van der Waals surface area contributed by atoms with Crippen molar-refractivity contribution in [1.82, 2.24) is 10.2 Å². The van der Waals surface area contributed by atoms with Gasteiger partial charge in [-0.1, -0.05) is 20.8 Å². The Kier molecular flexibility index (Phi) is 7.87. The summed E-state index contributed by atoms with van der Waals surface area (Å²) in [6.07, 6.45) is 0.418. The fourth-order valence-corrected chi connectivity index (χ4v) is 1.49. The third kappa shape index (κ3) is 7.11. The van der Waals surface area contributed by atoms with E-state index in [1.165, 1.54) is 7.11 Å². The van der Waals surface area contributed by atoms with Gasteiger partial charge in [-0.3, -0.25) is 14.4 Å². The lowest BCUT2D eigenvalue weighted by Gasteiger charge is -2.21. The van der Waals surface area contributed by atoms with Crippen molar-refractivity contribution in [3.8, 4) is 0 Å². The molecule has 2 amide bonds. The van der Waals surface area contributed by atoms with Gasteiger partial charge in [0.05, 0.1) is 13.5 Å². The Labute approximate surface area is 120 Å². The minimum Gasteiger partial charge on any atom is -0.469 e. The molecule has 0 bridgehead atoms. The number of hydrogen-bond acceptors (Lipinski definition) is 4. The number of esters is 1. The lowest BCUT2D eigenvalue weighted by molar-refractivity contribution is -0.141. The summed E-state index contributed by atoms with van der Waals surface area (Å²) in [6, 6.07) is 0. The molecule has 0 radical (unpaired) electrons. The predicted octanol–water partition coefficient (Wildman–Crippen LogP) is 0.950. The molecule has 0 aliphatic rings. The minimum absolute atomic E-state index is 0.0781. The smallest absolute Gasteiger partial charge is 0.307 e. The van der Waals surface area contributed by atoms with E-state index in [1.807, 2.05) is 27.7 Å². The first-order valence-corrected chi connectivity index (χ1v) is 6.85. The molecular formula is C14H26N2O4. The van der Waals surface area contributed by atoms with E-state index < -0.39 is 5.41 Å². The Morgan fingerprint density at radius 3 is 2.20 bits per heavy atom. The molecule has 0 heterocycles. The van der Waals surface area contributed by atoms with Crippen LogP contribution < -0.4 is 5.32 Å². The number of nitrogens with zero attached hydrogens (tertiary/aromatic N) is 1. The first kappa shape index (κ1) is 18.4. The van der Waals surface area contributed by atoms with Crippen LogP contribution in [-0.4, -0.2) is 49.4 Å². The topological polar surface area (TPSA) is 75.7 Å². The van der Waals surface area contributed by atoms with Gasteiger partial charge in [0.1, 0.15) is 0 Å². The summed E-state index contributed by atoms with van der Waals surface area (Å²) >= 11 is 0. The van der Waals surface area contributed by atoms with Crippen LogP contribution in [0.3, 0.4) is 0 Å². The summed E-state index contributed by atoms with van der Waals surface area (Å²) < 4.78 is 4.54. The molecule has 0 saturated carbocycles. The molecule has 116 valence electrons. The van der Waals surface area contributed by atoms with Crippen molar-refractivity contribution in [3.05, 3.63) is 0 Å². The largest absolute Gasteiger partial charge is 0.469 e. The van der Waals surface area contributed by atoms with Gasteiger partial charge in [0.2, 0.25) is 11.8 Å². The van der Waals surface area contributed by atoms with E-state index >= 15 is 0 Å². The zero-order valence-corrected chi connectivity index (χ0v) is 13.1. The number of carbonyl (C=O) groups excluding carboxylic acids is 3. The van der Waals surface area contributed by atoms with Crippen LogP contribution in [0.5, 0.6) is 0 Å². The predicted molar refractivity (Wildman–Crippen MR) is 76.0 cm³/mol. The highest BCUT2D eigenvalue weighted by Gasteiger charge is 2.21. The molecule has 6 heteroatoms. The van der Waals surface area contributed by atoms with E-state index in [9.17, 15) is 14.4 Å². The van der Waals surface area contributed by atoms with Gasteiger partial charge in [0, 0.05) is 31.5 Å². The van der Waals surface area contributed by atoms with Gasteiger partial charge < -0.3 is 15.0 Å². The molecule has 0 rings (SSSR count). The number of rotatable bonds is 7. The molecule has 0 aliphatic heterocycles. The number of hydrogen-bond donors (Lipinski definition) is 1. The summed E-state index contributed by atoms with van der Waals surface area (Å²) in [5.41, 5.74) is -0.460. The molecule has 6 nitrogen and oxygen atoms in total. The van der Waals surface area contributed by atoms with Crippen LogP contribution in [0.1, 0.15) is 40.5 Å². The molecule has 0 aromatic carbocycles. The van der Waals surface area contributed by atoms with Crippen LogP contribution in [0.25, 0.3) is 0 Å². The second-order valence-electron chi connectivity index (χ2n) is 5.56.